The number of rotatable bonds is 5. The van der Waals surface area contributed by atoms with Gasteiger partial charge in [-0.05, 0) is 25.0 Å². The van der Waals surface area contributed by atoms with Gasteiger partial charge in [-0.15, -0.1) is 0 Å². The first-order valence-electron chi connectivity index (χ1n) is 7.67. The summed E-state index contributed by atoms with van der Waals surface area (Å²) >= 11 is 0. The van der Waals surface area contributed by atoms with Crippen LogP contribution < -0.4 is 5.32 Å². The van der Waals surface area contributed by atoms with Gasteiger partial charge < -0.3 is 10.1 Å². The van der Waals surface area contributed by atoms with Gasteiger partial charge in [0.2, 0.25) is 0 Å². The summed E-state index contributed by atoms with van der Waals surface area (Å²) < 4.78 is 5.79. The molecule has 1 N–H and O–H groups in total. The second-order valence-corrected chi connectivity index (χ2v) is 6.18. The molecular formula is C19H22N2O. The predicted molar refractivity (Wildman–Crippen MR) is 89.9 cm³/mol. The van der Waals surface area contributed by atoms with Crippen LogP contribution in [0.1, 0.15) is 31.0 Å². The van der Waals surface area contributed by atoms with Crippen LogP contribution in [0, 0.1) is 0 Å². The van der Waals surface area contributed by atoms with Gasteiger partial charge in [0.05, 0.1) is 18.2 Å². The molecule has 114 valence electrons. The molecule has 0 saturated carbocycles. The molecule has 2 aromatic carbocycles. The summed E-state index contributed by atoms with van der Waals surface area (Å²) in [4.78, 5) is 4.79. The fourth-order valence-electron chi connectivity index (χ4n) is 2.84. The van der Waals surface area contributed by atoms with Crippen molar-refractivity contribution < 1.29 is 4.74 Å². The number of ether oxygens (including phenoxy) is 1. The van der Waals surface area contributed by atoms with Gasteiger partial charge in [0.1, 0.15) is 12.4 Å². The summed E-state index contributed by atoms with van der Waals surface area (Å²) in [6.07, 6.45) is 0. The Hall–Kier alpha value is -2.13. The molecule has 0 radical (unpaired) electrons. The molecule has 1 heterocycles. The van der Waals surface area contributed by atoms with Crippen LogP contribution in [-0.2, 0) is 11.3 Å². The zero-order valence-electron chi connectivity index (χ0n) is 13.1. The van der Waals surface area contributed by atoms with Gasteiger partial charge in [0.15, 0.2) is 0 Å². The van der Waals surface area contributed by atoms with Gasteiger partial charge in [-0.2, -0.15) is 0 Å². The molecule has 3 rings (SSSR count). The number of benzene rings is 2. The Bertz CT molecular complexity index is 635. The molecule has 1 aliphatic rings. The second kappa shape index (κ2) is 6.32. The number of nitrogens with one attached hydrogen (secondary N) is 1. The Morgan fingerprint density at radius 3 is 2.27 bits per heavy atom. The minimum absolute atomic E-state index is 0.160. The standard InChI is InChI=1S/C19H22N2O/c1-19(2)18(16-11-7-4-8-12-16)20-17(21-19)14-22-13-15-9-5-3-6-10-15/h3-12,18H,13-14H2,1-2H3,(H,20,21). The molecule has 22 heavy (non-hydrogen) atoms. The molecule has 1 atom stereocenters. The van der Waals surface area contributed by atoms with E-state index >= 15 is 0 Å². The highest BCUT2D eigenvalue weighted by Gasteiger charge is 2.36. The maximum Gasteiger partial charge on any atom is 0.124 e. The van der Waals surface area contributed by atoms with Crippen molar-refractivity contribution in [3.63, 3.8) is 0 Å². The Kier molecular flexibility index (Phi) is 4.25. The van der Waals surface area contributed by atoms with Crippen molar-refractivity contribution in [2.45, 2.75) is 32.0 Å². The van der Waals surface area contributed by atoms with Crippen molar-refractivity contribution in [3.8, 4) is 0 Å². The topological polar surface area (TPSA) is 33.6 Å². The lowest BCUT2D eigenvalue weighted by atomic mass is 9.90. The number of aliphatic imine (C=N–C) groups is 1. The molecule has 0 spiro atoms. The number of amidine groups is 1. The molecule has 2 aromatic rings. The molecule has 0 saturated heterocycles. The third-order valence-electron chi connectivity index (χ3n) is 3.92. The highest BCUT2D eigenvalue weighted by atomic mass is 16.5. The average Bonchev–Trinajstić information content (AvgIpc) is 2.84. The molecular weight excluding hydrogens is 272 g/mol. The molecule has 1 aliphatic heterocycles. The first kappa shape index (κ1) is 14.8. The van der Waals surface area contributed by atoms with Crippen LogP contribution in [0.25, 0.3) is 0 Å². The fraction of sp³-hybridized carbons (Fsp3) is 0.316. The lowest BCUT2D eigenvalue weighted by Crippen LogP contribution is -2.33. The van der Waals surface area contributed by atoms with Gasteiger partial charge in [0, 0.05) is 0 Å². The van der Waals surface area contributed by atoms with Gasteiger partial charge in [0.25, 0.3) is 0 Å². The number of hydrogen-bond acceptors (Lipinski definition) is 3. The fourth-order valence-corrected chi connectivity index (χ4v) is 2.84. The van der Waals surface area contributed by atoms with Crippen molar-refractivity contribution in [1.82, 2.24) is 5.32 Å². The molecule has 0 aromatic heterocycles. The molecule has 3 heteroatoms. The van der Waals surface area contributed by atoms with Gasteiger partial charge in [-0.3, -0.25) is 4.99 Å². The first-order valence-corrected chi connectivity index (χ1v) is 7.67. The Balaban J connectivity index is 1.59. The van der Waals surface area contributed by atoms with E-state index in [0.29, 0.717) is 13.2 Å². The third-order valence-corrected chi connectivity index (χ3v) is 3.92. The second-order valence-electron chi connectivity index (χ2n) is 6.18. The SMILES string of the molecule is CC1(C)N=C(COCc2ccccc2)NC1c1ccccc1. The van der Waals surface area contributed by atoms with Crippen molar-refractivity contribution >= 4 is 5.84 Å². The Morgan fingerprint density at radius 2 is 1.59 bits per heavy atom. The van der Waals surface area contributed by atoms with Crippen LogP contribution in [0.4, 0.5) is 0 Å². The monoisotopic (exact) mass is 294 g/mol. The quantitative estimate of drug-likeness (QED) is 0.911. The minimum atomic E-state index is -0.160. The van der Waals surface area contributed by atoms with E-state index in [1.165, 1.54) is 11.1 Å². The molecule has 3 nitrogen and oxygen atoms in total. The maximum absolute atomic E-state index is 5.79. The van der Waals surface area contributed by atoms with E-state index in [4.69, 9.17) is 9.73 Å². The maximum atomic E-state index is 5.79. The van der Waals surface area contributed by atoms with Gasteiger partial charge >= 0.3 is 0 Å². The summed E-state index contributed by atoms with van der Waals surface area (Å²) in [6, 6.07) is 20.9. The summed E-state index contributed by atoms with van der Waals surface area (Å²) in [5, 5.41) is 3.51. The van der Waals surface area contributed by atoms with Crippen LogP contribution >= 0.6 is 0 Å². The molecule has 0 fully saturated rings. The smallest absolute Gasteiger partial charge is 0.124 e. The summed E-state index contributed by atoms with van der Waals surface area (Å²) in [5.74, 6) is 0.926. The first-order chi connectivity index (χ1) is 10.6. The van der Waals surface area contributed by atoms with E-state index in [2.05, 4.69) is 55.6 Å². The van der Waals surface area contributed by atoms with Gasteiger partial charge in [-0.25, -0.2) is 0 Å². The van der Waals surface area contributed by atoms with Crippen LogP contribution in [0.3, 0.4) is 0 Å². The zero-order valence-corrected chi connectivity index (χ0v) is 13.1. The molecule has 0 aliphatic carbocycles. The number of hydrogen-bond donors (Lipinski definition) is 1. The van der Waals surface area contributed by atoms with Crippen LogP contribution in [0.15, 0.2) is 65.7 Å². The van der Waals surface area contributed by atoms with E-state index in [-0.39, 0.29) is 11.6 Å². The third kappa shape index (κ3) is 3.37. The molecule has 1 unspecified atom stereocenters. The minimum Gasteiger partial charge on any atom is -0.369 e. The van der Waals surface area contributed by atoms with E-state index in [1.807, 2.05) is 24.3 Å². The molecule has 0 amide bonds. The Morgan fingerprint density at radius 1 is 0.955 bits per heavy atom. The van der Waals surface area contributed by atoms with Crippen molar-refractivity contribution in [3.05, 3.63) is 71.8 Å². The van der Waals surface area contributed by atoms with E-state index < -0.39 is 0 Å². The van der Waals surface area contributed by atoms with E-state index in [1.54, 1.807) is 0 Å². The summed E-state index contributed by atoms with van der Waals surface area (Å²) in [5.41, 5.74) is 2.28. The zero-order chi connectivity index (χ0) is 15.4. The lowest BCUT2D eigenvalue weighted by molar-refractivity contribution is 0.156. The lowest BCUT2D eigenvalue weighted by Gasteiger charge is -2.25. The van der Waals surface area contributed by atoms with Crippen LogP contribution in [0.5, 0.6) is 0 Å². The predicted octanol–water partition coefficient (Wildman–Crippen LogP) is 3.72. The Labute approximate surface area is 132 Å². The average molecular weight is 294 g/mol. The highest BCUT2D eigenvalue weighted by Crippen LogP contribution is 2.32. The van der Waals surface area contributed by atoms with E-state index in [9.17, 15) is 0 Å². The largest absolute Gasteiger partial charge is 0.369 e. The van der Waals surface area contributed by atoms with Crippen LogP contribution in [0.2, 0.25) is 0 Å². The van der Waals surface area contributed by atoms with Crippen molar-refractivity contribution in [2.24, 2.45) is 4.99 Å². The summed E-state index contributed by atoms with van der Waals surface area (Å²) in [6.45, 7) is 5.43. The number of nitrogens with zero attached hydrogens (tertiary/aromatic N) is 1. The highest BCUT2D eigenvalue weighted by molar-refractivity contribution is 5.86. The van der Waals surface area contributed by atoms with Gasteiger partial charge in [-0.1, -0.05) is 60.7 Å². The van der Waals surface area contributed by atoms with Crippen molar-refractivity contribution in [1.29, 1.82) is 0 Å². The molecule has 0 bridgehead atoms. The van der Waals surface area contributed by atoms with Crippen molar-refractivity contribution in [2.75, 3.05) is 6.61 Å². The van der Waals surface area contributed by atoms with Crippen LogP contribution in [-0.4, -0.2) is 18.0 Å². The normalized spacial score (nSPS) is 19.5. The van der Waals surface area contributed by atoms with E-state index in [0.717, 1.165) is 5.84 Å². The summed E-state index contributed by atoms with van der Waals surface area (Å²) in [7, 11) is 0.